The van der Waals surface area contributed by atoms with Crippen LogP contribution in [0.1, 0.15) is 15.9 Å². The van der Waals surface area contributed by atoms with Gasteiger partial charge in [-0.1, -0.05) is 41.9 Å². The number of fused-ring (bicyclic) bond motifs is 1. The average Bonchev–Trinajstić information content (AvgIpc) is 3.08. The van der Waals surface area contributed by atoms with Crippen molar-refractivity contribution in [2.24, 2.45) is 0 Å². The van der Waals surface area contributed by atoms with Gasteiger partial charge in [0.1, 0.15) is 0 Å². The van der Waals surface area contributed by atoms with Gasteiger partial charge in [-0.05, 0) is 24.1 Å². The van der Waals surface area contributed by atoms with Gasteiger partial charge in [0.15, 0.2) is 0 Å². The van der Waals surface area contributed by atoms with Gasteiger partial charge >= 0.3 is 0 Å². The van der Waals surface area contributed by atoms with Gasteiger partial charge in [-0.3, -0.25) is 4.79 Å². The first-order valence-electron chi connectivity index (χ1n) is 8.41. The Balaban J connectivity index is 1.53. The fraction of sp³-hybridized carbons (Fsp3) is 0.263. The van der Waals surface area contributed by atoms with E-state index in [1.807, 2.05) is 29.2 Å². The van der Waals surface area contributed by atoms with E-state index in [-0.39, 0.29) is 11.9 Å². The van der Waals surface area contributed by atoms with Gasteiger partial charge in [-0.2, -0.15) is 5.10 Å². The highest BCUT2D eigenvalue weighted by Crippen LogP contribution is 2.22. The lowest BCUT2D eigenvalue weighted by Gasteiger charge is -2.33. The van der Waals surface area contributed by atoms with Crippen LogP contribution in [0.3, 0.4) is 0 Å². The molecule has 1 fully saturated rings. The molecule has 5 nitrogen and oxygen atoms in total. The van der Waals surface area contributed by atoms with Crippen LogP contribution in [0.25, 0.3) is 5.52 Å². The molecule has 0 bridgehead atoms. The van der Waals surface area contributed by atoms with Gasteiger partial charge < -0.3 is 10.2 Å². The molecule has 1 aliphatic heterocycles. The van der Waals surface area contributed by atoms with Crippen molar-refractivity contribution >= 4 is 23.0 Å². The van der Waals surface area contributed by atoms with Crippen LogP contribution < -0.4 is 5.32 Å². The van der Waals surface area contributed by atoms with Crippen LogP contribution in [-0.4, -0.2) is 46.1 Å². The van der Waals surface area contributed by atoms with Crippen molar-refractivity contribution in [3.63, 3.8) is 0 Å². The van der Waals surface area contributed by atoms with Crippen molar-refractivity contribution in [3.8, 4) is 0 Å². The Kier molecular flexibility index (Phi) is 4.42. The number of aromatic nitrogens is 2. The molecule has 0 radical (unpaired) electrons. The van der Waals surface area contributed by atoms with Crippen LogP contribution in [0.15, 0.2) is 54.9 Å². The van der Waals surface area contributed by atoms with E-state index in [0.29, 0.717) is 29.2 Å². The molecule has 2 aromatic heterocycles. The molecule has 6 heteroatoms. The predicted molar refractivity (Wildman–Crippen MR) is 98.0 cm³/mol. The van der Waals surface area contributed by atoms with Gasteiger partial charge in [0.2, 0.25) is 0 Å². The summed E-state index contributed by atoms with van der Waals surface area (Å²) in [6.07, 6.45) is 4.31. The highest BCUT2D eigenvalue weighted by molar-refractivity contribution is 6.34. The fourth-order valence-corrected chi connectivity index (χ4v) is 3.63. The number of pyridine rings is 1. The van der Waals surface area contributed by atoms with E-state index in [2.05, 4.69) is 22.5 Å². The Morgan fingerprint density at radius 2 is 2.08 bits per heavy atom. The first kappa shape index (κ1) is 16.1. The fourth-order valence-electron chi connectivity index (χ4n) is 3.37. The SMILES string of the molecule is O=C(c1cnn2cccc(Cl)c12)N1CCNC(Cc2ccccc2)C1. The Hall–Kier alpha value is -2.37. The number of hydrogen-bond acceptors (Lipinski definition) is 3. The number of rotatable bonds is 3. The summed E-state index contributed by atoms with van der Waals surface area (Å²) < 4.78 is 1.65. The summed E-state index contributed by atoms with van der Waals surface area (Å²) in [5, 5.41) is 8.30. The van der Waals surface area contributed by atoms with Crippen molar-refractivity contribution < 1.29 is 4.79 Å². The maximum Gasteiger partial charge on any atom is 0.257 e. The molecule has 128 valence electrons. The van der Waals surface area contributed by atoms with Gasteiger partial charge in [0, 0.05) is 31.9 Å². The molecule has 1 amide bonds. The van der Waals surface area contributed by atoms with Crippen molar-refractivity contribution in [3.05, 3.63) is 71.0 Å². The van der Waals surface area contributed by atoms with E-state index < -0.39 is 0 Å². The van der Waals surface area contributed by atoms with Crippen LogP contribution in [0.5, 0.6) is 0 Å². The number of piperazine rings is 1. The second-order valence-electron chi connectivity index (χ2n) is 6.30. The second kappa shape index (κ2) is 6.86. The van der Waals surface area contributed by atoms with E-state index in [9.17, 15) is 4.79 Å². The average molecular weight is 355 g/mol. The monoisotopic (exact) mass is 354 g/mol. The third-order valence-electron chi connectivity index (χ3n) is 4.59. The number of carbonyl (C=O) groups is 1. The lowest BCUT2D eigenvalue weighted by molar-refractivity contribution is 0.0705. The molecule has 1 saturated heterocycles. The number of nitrogens with one attached hydrogen (secondary N) is 1. The molecule has 1 unspecified atom stereocenters. The second-order valence-corrected chi connectivity index (χ2v) is 6.71. The summed E-state index contributed by atoms with van der Waals surface area (Å²) in [6, 6.07) is 14.2. The minimum absolute atomic E-state index is 0.0114. The molecule has 4 rings (SSSR count). The molecular weight excluding hydrogens is 336 g/mol. The molecule has 25 heavy (non-hydrogen) atoms. The summed E-state index contributed by atoms with van der Waals surface area (Å²) in [5.41, 5.74) is 2.51. The van der Waals surface area contributed by atoms with Crippen LogP contribution in [-0.2, 0) is 6.42 Å². The molecule has 3 heterocycles. The minimum atomic E-state index is -0.0114. The zero-order chi connectivity index (χ0) is 17.2. The van der Waals surface area contributed by atoms with Crippen LogP contribution in [0.2, 0.25) is 5.02 Å². The van der Waals surface area contributed by atoms with E-state index in [4.69, 9.17) is 11.6 Å². The van der Waals surface area contributed by atoms with E-state index in [1.54, 1.807) is 23.0 Å². The summed E-state index contributed by atoms with van der Waals surface area (Å²) in [5.74, 6) is -0.0114. The molecular formula is C19H19ClN4O. The lowest BCUT2D eigenvalue weighted by atomic mass is 10.0. The summed E-state index contributed by atoms with van der Waals surface area (Å²) in [7, 11) is 0. The van der Waals surface area contributed by atoms with Crippen molar-refractivity contribution in [2.75, 3.05) is 19.6 Å². The van der Waals surface area contributed by atoms with Gasteiger partial charge in [-0.15, -0.1) is 0 Å². The maximum absolute atomic E-state index is 13.0. The number of benzene rings is 1. The summed E-state index contributed by atoms with van der Waals surface area (Å²) in [4.78, 5) is 14.9. The lowest BCUT2D eigenvalue weighted by Crippen LogP contribution is -2.53. The summed E-state index contributed by atoms with van der Waals surface area (Å²) >= 11 is 6.28. The smallest absolute Gasteiger partial charge is 0.257 e. The largest absolute Gasteiger partial charge is 0.336 e. The molecule has 1 aromatic carbocycles. The molecule has 0 saturated carbocycles. The Morgan fingerprint density at radius 1 is 1.24 bits per heavy atom. The van der Waals surface area contributed by atoms with E-state index in [1.165, 1.54) is 5.56 Å². The van der Waals surface area contributed by atoms with E-state index >= 15 is 0 Å². The number of carbonyl (C=O) groups excluding carboxylic acids is 1. The van der Waals surface area contributed by atoms with E-state index in [0.717, 1.165) is 13.0 Å². The van der Waals surface area contributed by atoms with Crippen LogP contribution >= 0.6 is 11.6 Å². The number of amides is 1. The number of nitrogens with zero attached hydrogens (tertiary/aromatic N) is 3. The molecule has 1 N–H and O–H groups in total. The van der Waals surface area contributed by atoms with Crippen LogP contribution in [0.4, 0.5) is 0 Å². The maximum atomic E-state index is 13.0. The molecule has 0 spiro atoms. The van der Waals surface area contributed by atoms with Gasteiger partial charge in [0.05, 0.1) is 22.3 Å². The molecule has 1 aliphatic rings. The van der Waals surface area contributed by atoms with Crippen molar-refractivity contribution in [1.29, 1.82) is 0 Å². The highest BCUT2D eigenvalue weighted by atomic mass is 35.5. The topological polar surface area (TPSA) is 49.6 Å². The summed E-state index contributed by atoms with van der Waals surface area (Å²) in [6.45, 7) is 2.15. The zero-order valence-corrected chi connectivity index (χ0v) is 14.5. The normalized spacial score (nSPS) is 17.8. The predicted octanol–water partition coefficient (Wildman–Crippen LogP) is 2.64. The van der Waals surface area contributed by atoms with Crippen molar-refractivity contribution in [1.82, 2.24) is 19.8 Å². The first-order valence-corrected chi connectivity index (χ1v) is 8.78. The van der Waals surface area contributed by atoms with Crippen LogP contribution in [0, 0.1) is 0 Å². The number of halogens is 1. The quantitative estimate of drug-likeness (QED) is 0.786. The third kappa shape index (κ3) is 3.25. The van der Waals surface area contributed by atoms with Gasteiger partial charge in [-0.25, -0.2) is 4.52 Å². The Bertz CT molecular complexity index is 893. The zero-order valence-electron chi connectivity index (χ0n) is 13.7. The van der Waals surface area contributed by atoms with Crippen molar-refractivity contribution in [2.45, 2.75) is 12.5 Å². The molecule has 1 atom stereocenters. The van der Waals surface area contributed by atoms with Gasteiger partial charge in [0.25, 0.3) is 5.91 Å². The highest BCUT2D eigenvalue weighted by Gasteiger charge is 2.26. The third-order valence-corrected chi connectivity index (χ3v) is 4.89. The Labute approximate surface area is 151 Å². The minimum Gasteiger partial charge on any atom is -0.336 e. The first-order chi connectivity index (χ1) is 12.2. The standard InChI is InChI=1S/C19H19ClN4O/c20-17-7-4-9-24-18(17)16(12-22-24)19(25)23-10-8-21-15(13-23)11-14-5-2-1-3-6-14/h1-7,9,12,15,21H,8,10-11,13H2. The molecule has 3 aromatic rings. The molecule has 0 aliphatic carbocycles. The Morgan fingerprint density at radius 3 is 2.92 bits per heavy atom. The number of hydrogen-bond donors (Lipinski definition) is 1.